The zero-order valence-electron chi connectivity index (χ0n) is 15.5. The van der Waals surface area contributed by atoms with Crippen LogP contribution in [0.4, 0.5) is 0 Å². The van der Waals surface area contributed by atoms with Crippen LogP contribution in [0.25, 0.3) is 11.3 Å². The van der Waals surface area contributed by atoms with Crippen molar-refractivity contribution >= 4 is 17.7 Å². The van der Waals surface area contributed by atoms with E-state index in [-0.39, 0.29) is 5.91 Å². The van der Waals surface area contributed by atoms with Crippen LogP contribution in [0.3, 0.4) is 0 Å². The van der Waals surface area contributed by atoms with E-state index in [4.69, 9.17) is 5.84 Å². The quantitative estimate of drug-likeness (QED) is 0.578. The molecule has 1 amide bonds. The minimum Gasteiger partial charge on any atom is -0.341 e. The van der Waals surface area contributed by atoms with Gasteiger partial charge in [0.05, 0.1) is 17.6 Å². The van der Waals surface area contributed by atoms with Crippen LogP contribution in [-0.2, 0) is 4.79 Å². The largest absolute Gasteiger partial charge is 0.341 e. The molecule has 2 N–H and O–H groups in total. The van der Waals surface area contributed by atoms with Crippen molar-refractivity contribution in [2.75, 3.05) is 24.7 Å². The maximum Gasteiger partial charge on any atom is 0.233 e. The Hall–Kier alpha value is -1.95. The van der Waals surface area contributed by atoms with Gasteiger partial charge >= 0.3 is 0 Å². The SMILES string of the molecule is CC(C)CN(CC(C)C)C(=O)CSc1nc(-c2ccccc2)cn1N. The molecule has 2 aromatic rings. The lowest BCUT2D eigenvalue weighted by molar-refractivity contribution is -0.129. The second-order valence-corrected chi connectivity index (χ2v) is 8.00. The lowest BCUT2D eigenvalue weighted by atomic mass is 10.1. The molecular formula is C19H28N4OS. The molecule has 1 aromatic heterocycles. The fourth-order valence-corrected chi connectivity index (χ4v) is 3.41. The fourth-order valence-electron chi connectivity index (χ4n) is 2.61. The van der Waals surface area contributed by atoms with Crippen molar-refractivity contribution in [3.63, 3.8) is 0 Å². The Morgan fingerprint density at radius 3 is 2.32 bits per heavy atom. The summed E-state index contributed by atoms with van der Waals surface area (Å²) in [6.07, 6.45) is 1.79. The van der Waals surface area contributed by atoms with Gasteiger partial charge in [0.25, 0.3) is 0 Å². The zero-order chi connectivity index (χ0) is 18.4. The number of hydrogen-bond donors (Lipinski definition) is 1. The lowest BCUT2D eigenvalue weighted by Crippen LogP contribution is -2.38. The molecule has 25 heavy (non-hydrogen) atoms. The topological polar surface area (TPSA) is 64.2 Å². The molecule has 0 saturated heterocycles. The number of carbonyl (C=O) groups excluding carboxylic acids is 1. The van der Waals surface area contributed by atoms with E-state index >= 15 is 0 Å². The normalized spacial score (nSPS) is 11.3. The smallest absolute Gasteiger partial charge is 0.233 e. The Bertz CT molecular complexity index is 672. The lowest BCUT2D eigenvalue weighted by Gasteiger charge is -2.26. The third-order valence-electron chi connectivity index (χ3n) is 3.62. The highest BCUT2D eigenvalue weighted by Crippen LogP contribution is 2.23. The molecular weight excluding hydrogens is 332 g/mol. The number of nitrogens with zero attached hydrogens (tertiary/aromatic N) is 3. The molecule has 0 bridgehead atoms. The van der Waals surface area contributed by atoms with Gasteiger partial charge in [-0.15, -0.1) is 0 Å². The van der Waals surface area contributed by atoms with Gasteiger partial charge in [0, 0.05) is 18.7 Å². The zero-order valence-corrected chi connectivity index (χ0v) is 16.3. The Labute approximate surface area is 154 Å². The molecule has 0 aliphatic rings. The van der Waals surface area contributed by atoms with Gasteiger partial charge < -0.3 is 10.7 Å². The van der Waals surface area contributed by atoms with E-state index in [1.165, 1.54) is 16.4 Å². The van der Waals surface area contributed by atoms with Crippen molar-refractivity contribution < 1.29 is 4.79 Å². The van der Waals surface area contributed by atoms with Crippen molar-refractivity contribution in [1.29, 1.82) is 0 Å². The summed E-state index contributed by atoms with van der Waals surface area (Å²) in [7, 11) is 0. The second kappa shape index (κ2) is 8.94. The number of rotatable bonds is 8. The number of nitrogen functional groups attached to an aromatic ring is 1. The van der Waals surface area contributed by atoms with Gasteiger partial charge in [0.1, 0.15) is 0 Å². The van der Waals surface area contributed by atoms with Crippen molar-refractivity contribution in [1.82, 2.24) is 14.6 Å². The standard InChI is InChI=1S/C19H28N4OS/c1-14(2)10-22(11-15(3)4)18(24)13-25-19-21-17(12-23(19)20)16-8-6-5-7-9-16/h5-9,12,14-15H,10-11,13,20H2,1-4H3. The number of carbonyl (C=O) groups is 1. The molecule has 0 radical (unpaired) electrons. The van der Waals surface area contributed by atoms with Gasteiger partial charge in [-0.3, -0.25) is 4.79 Å². The number of nitrogens with two attached hydrogens (primary N) is 1. The van der Waals surface area contributed by atoms with Crippen LogP contribution in [0.15, 0.2) is 41.7 Å². The summed E-state index contributed by atoms with van der Waals surface area (Å²) in [5.74, 6) is 7.40. The van der Waals surface area contributed by atoms with Crippen LogP contribution >= 0.6 is 11.8 Å². The van der Waals surface area contributed by atoms with Crippen molar-refractivity contribution in [2.24, 2.45) is 11.8 Å². The summed E-state index contributed by atoms with van der Waals surface area (Å²) in [5, 5.41) is 0.654. The monoisotopic (exact) mass is 360 g/mol. The number of thioether (sulfide) groups is 1. The average Bonchev–Trinajstić information content (AvgIpc) is 2.93. The maximum absolute atomic E-state index is 12.6. The summed E-state index contributed by atoms with van der Waals surface area (Å²) in [5.41, 5.74) is 1.83. The molecule has 0 unspecified atom stereocenters. The highest BCUT2D eigenvalue weighted by molar-refractivity contribution is 7.99. The third kappa shape index (κ3) is 5.81. The van der Waals surface area contributed by atoms with E-state index < -0.39 is 0 Å². The minimum atomic E-state index is 0.136. The van der Waals surface area contributed by atoms with Crippen LogP contribution in [0.1, 0.15) is 27.7 Å². The van der Waals surface area contributed by atoms with Crippen molar-refractivity contribution in [3.05, 3.63) is 36.5 Å². The van der Waals surface area contributed by atoms with Gasteiger partial charge in [-0.1, -0.05) is 69.8 Å². The van der Waals surface area contributed by atoms with Crippen molar-refractivity contribution in [2.45, 2.75) is 32.9 Å². The molecule has 0 saturated carbocycles. The number of aromatic nitrogens is 2. The molecule has 0 aliphatic heterocycles. The van der Waals surface area contributed by atoms with E-state index in [1.807, 2.05) is 35.2 Å². The first kappa shape index (κ1) is 19.4. The molecule has 136 valence electrons. The van der Waals surface area contributed by atoms with Gasteiger partial charge in [-0.2, -0.15) is 0 Å². The summed E-state index contributed by atoms with van der Waals surface area (Å²) in [6.45, 7) is 10.1. The average molecular weight is 361 g/mol. The molecule has 1 aromatic carbocycles. The maximum atomic E-state index is 12.6. The van der Waals surface area contributed by atoms with Gasteiger partial charge in [0.15, 0.2) is 5.16 Å². The molecule has 0 spiro atoms. The number of amides is 1. The first-order valence-corrected chi connectivity index (χ1v) is 9.65. The predicted molar refractivity (Wildman–Crippen MR) is 105 cm³/mol. The first-order chi connectivity index (χ1) is 11.9. The molecule has 0 aliphatic carbocycles. The van der Waals surface area contributed by atoms with E-state index in [1.54, 1.807) is 6.20 Å². The van der Waals surface area contributed by atoms with E-state index in [0.717, 1.165) is 24.3 Å². The number of imidazole rings is 1. The highest BCUT2D eigenvalue weighted by Gasteiger charge is 2.18. The highest BCUT2D eigenvalue weighted by atomic mass is 32.2. The molecule has 6 heteroatoms. The fraction of sp³-hybridized carbons (Fsp3) is 0.474. The molecule has 0 atom stereocenters. The van der Waals surface area contributed by atoms with Crippen LogP contribution in [-0.4, -0.2) is 39.3 Å². The van der Waals surface area contributed by atoms with Gasteiger partial charge in [-0.05, 0) is 11.8 Å². The van der Waals surface area contributed by atoms with Gasteiger partial charge in [-0.25, -0.2) is 9.66 Å². The van der Waals surface area contributed by atoms with Crippen LogP contribution < -0.4 is 5.84 Å². The van der Waals surface area contributed by atoms with E-state index in [2.05, 4.69) is 32.7 Å². The number of hydrogen-bond acceptors (Lipinski definition) is 4. The molecule has 0 fully saturated rings. The van der Waals surface area contributed by atoms with E-state index in [9.17, 15) is 4.79 Å². The predicted octanol–water partition coefficient (Wildman–Crippen LogP) is 3.50. The Morgan fingerprint density at radius 1 is 1.16 bits per heavy atom. The van der Waals surface area contributed by atoms with Crippen LogP contribution in [0, 0.1) is 11.8 Å². The number of benzene rings is 1. The molecule has 2 rings (SSSR count). The van der Waals surface area contributed by atoms with Gasteiger partial charge in [0.2, 0.25) is 5.91 Å². The minimum absolute atomic E-state index is 0.136. The summed E-state index contributed by atoms with van der Waals surface area (Å²) < 4.78 is 1.50. The first-order valence-electron chi connectivity index (χ1n) is 8.67. The van der Waals surface area contributed by atoms with Crippen LogP contribution in [0.2, 0.25) is 0 Å². The second-order valence-electron chi connectivity index (χ2n) is 7.06. The Balaban J connectivity index is 2.02. The third-order valence-corrected chi connectivity index (χ3v) is 4.57. The Morgan fingerprint density at radius 2 is 1.76 bits per heavy atom. The molecule has 1 heterocycles. The van der Waals surface area contributed by atoms with Crippen molar-refractivity contribution in [3.8, 4) is 11.3 Å². The molecule has 5 nitrogen and oxygen atoms in total. The summed E-state index contributed by atoms with van der Waals surface area (Å²) in [4.78, 5) is 19.1. The summed E-state index contributed by atoms with van der Waals surface area (Å²) >= 11 is 1.39. The Kier molecular flexibility index (Phi) is 6.93. The van der Waals surface area contributed by atoms with Crippen LogP contribution in [0.5, 0.6) is 0 Å². The summed E-state index contributed by atoms with van der Waals surface area (Å²) in [6, 6.07) is 9.90. The van der Waals surface area contributed by atoms with E-state index in [0.29, 0.717) is 22.7 Å².